The lowest BCUT2D eigenvalue weighted by atomic mass is 10.0. The third-order valence-electron chi connectivity index (χ3n) is 6.23. The molecule has 11 heteroatoms. The lowest BCUT2D eigenvalue weighted by Crippen LogP contribution is -2.43. The summed E-state index contributed by atoms with van der Waals surface area (Å²) in [5.41, 5.74) is 3.03. The topological polar surface area (TPSA) is 88.8 Å². The number of benzene rings is 1. The first kappa shape index (κ1) is 28.0. The summed E-state index contributed by atoms with van der Waals surface area (Å²) in [5.74, 6) is -0.423. The molecule has 37 heavy (non-hydrogen) atoms. The van der Waals surface area contributed by atoms with Crippen molar-refractivity contribution in [3.05, 3.63) is 58.3 Å². The maximum atomic E-state index is 12.3. The van der Waals surface area contributed by atoms with Gasteiger partial charge >= 0.3 is 5.97 Å². The number of morpholine rings is 2. The summed E-state index contributed by atoms with van der Waals surface area (Å²) in [5, 5.41) is 0. The maximum Gasteiger partial charge on any atom is 0.305 e. The van der Waals surface area contributed by atoms with Gasteiger partial charge in [-0.25, -0.2) is 0 Å². The number of pyridine rings is 1. The van der Waals surface area contributed by atoms with Crippen LogP contribution in [0.3, 0.4) is 0 Å². The first-order valence-corrected chi connectivity index (χ1v) is 14.5. The average molecular weight is 590 g/mol. The summed E-state index contributed by atoms with van der Waals surface area (Å²) >= 11 is 3.61. The fourth-order valence-electron chi connectivity index (χ4n) is 4.42. The van der Waals surface area contributed by atoms with Crippen LogP contribution in [0.2, 0.25) is 0 Å². The van der Waals surface area contributed by atoms with Crippen molar-refractivity contribution in [3.63, 3.8) is 0 Å². The highest BCUT2D eigenvalue weighted by atomic mass is 79.9. The number of hydrogen-bond acceptors (Lipinski definition) is 9. The molecule has 0 bridgehead atoms. The van der Waals surface area contributed by atoms with E-state index in [0.717, 1.165) is 53.3 Å². The smallest absolute Gasteiger partial charge is 0.305 e. The largest absolute Gasteiger partial charge is 0.469 e. The number of aliphatic imine (C=N–C) groups is 2. The lowest BCUT2D eigenvalue weighted by Gasteiger charge is -2.45. The number of carbonyl (C=O) groups is 1. The maximum absolute atomic E-state index is 12.3. The molecule has 1 aromatic carbocycles. The number of hydrogen-bond donors (Lipinski definition) is 0. The normalized spacial score (nSPS) is 18.5. The van der Waals surface area contributed by atoms with Gasteiger partial charge in [0.2, 0.25) is 0 Å². The Morgan fingerprint density at radius 1 is 1.14 bits per heavy atom. The molecule has 2 aromatic rings. The Morgan fingerprint density at radius 3 is 2.38 bits per heavy atom. The fraction of sp³-hybridized carbons (Fsp3) is 0.462. The molecule has 9 nitrogen and oxygen atoms in total. The Bertz CT molecular complexity index is 1060. The minimum atomic E-state index is -0.905. The number of methoxy groups -OCH3 is 1. The van der Waals surface area contributed by atoms with Crippen LogP contribution < -0.4 is 0 Å². The zero-order valence-corrected chi connectivity index (χ0v) is 23.6. The first-order valence-electron chi connectivity index (χ1n) is 12.4. The summed E-state index contributed by atoms with van der Waals surface area (Å²) < 4.78 is 22.2. The highest BCUT2D eigenvalue weighted by Crippen LogP contribution is 2.52. The second-order valence-corrected chi connectivity index (χ2v) is 11.8. The quantitative estimate of drug-likeness (QED) is 0.232. The second kappa shape index (κ2) is 14.2. The standard InChI is InChI=1S/C26H33BrN5O4P/c1-28-22-7-6-20(27)19-21(22)26(23-5-3-4-10-29-23)30-24(8-9-25(33)34-2)37(31-11-15-35-16-12-31)32-13-17-36-18-14-32/h3-7,10,19,24H,1,8-9,11-18H2,2H3/b30-26+/t24-/m1/s1. The van der Waals surface area contributed by atoms with E-state index >= 15 is 0 Å². The molecule has 4 rings (SSSR count). The molecular formula is C26H33BrN5O4P. The number of halogens is 1. The van der Waals surface area contributed by atoms with E-state index in [4.69, 9.17) is 19.2 Å². The lowest BCUT2D eigenvalue weighted by molar-refractivity contribution is -0.140. The zero-order valence-electron chi connectivity index (χ0n) is 21.1. The Kier molecular flexibility index (Phi) is 10.7. The van der Waals surface area contributed by atoms with Crippen molar-refractivity contribution in [2.75, 3.05) is 59.7 Å². The van der Waals surface area contributed by atoms with Gasteiger partial charge in [0.1, 0.15) is 0 Å². The highest BCUT2D eigenvalue weighted by molar-refractivity contribution is 9.10. The molecule has 0 amide bonds. The van der Waals surface area contributed by atoms with Crippen molar-refractivity contribution in [1.82, 2.24) is 14.3 Å². The van der Waals surface area contributed by atoms with Gasteiger partial charge in [-0.2, -0.15) is 0 Å². The Hall–Kier alpha value is -2.07. The molecule has 0 unspecified atom stereocenters. The molecule has 0 radical (unpaired) electrons. The van der Waals surface area contributed by atoms with E-state index in [2.05, 4.69) is 42.0 Å². The molecule has 0 saturated carbocycles. The summed E-state index contributed by atoms with van der Waals surface area (Å²) in [6.45, 7) is 9.80. The molecule has 1 atom stereocenters. The van der Waals surface area contributed by atoms with Crippen molar-refractivity contribution >= 4 is 48.2 Å². The van der Waals surface area contributed by atoms with E-state index < -0.39 is 8.22 Å². The van der Waals surface area contributed by atoms with E-state index in [-0.39, 0.29) is 18.2 Å². The van der Waals surface area contributed by atoms with Crippen LogP contribution in [0.15, 0.2) is 57.1 Å². The van der Waals surface area contributed by atoms with Crippen LogP contribution in [-0.4, -0.2) is 98.2 Å². The van der Waals surface area contributed by atoms with Crippen LogP contribution in [0, 0.1) is 0 Å². The molecule has 0 spiro atoms. The fourth-order valence-corrected chi connectivity index (χ4v) is 7.61. The second-order valence-electron chi connectivity index (χ2n) is 8.56. The number of aromatic nitrogens is 1. The third-order valence-corrected chi connectivity index (χ3v) is 9.58. The third kappa shape index (κ3) is 7.50. The van der Waals surface area contributed by atoms with E-state index in [1.54, 1.807) is 6.20 Å². The van der Waals surface area contributed by atoms with Crippen LogP contribution >= 0.6 is 24.2 Å². The van der Waals surface area contributed by atoms with Gasteiger partial charge in [-0.1, -0.05) is 22.0 Å². The van der Waals surface area contributed by atoms with Crippen molar-refractivity contribution in [1.29, 1.82) is 0 Å². The Balaban J connectivity index is 1.84. The van der Waals surface area contributed by atoms with Crippen molar-refractivity contribution in [2.24, 2.45) is 9.98 Å². The highest BCUT2D eigenvalue weighted by Gasteiger charge is 2.36. The Labute approximate surface area is 227 Å². The molecule has 3 heterocycles. The molecule has 2 aliphatic heterocycles. The molecule has 2 aliphatic rings. The molecule has 2 saturated heterocycles. The molecule has 0 aliphatic carbocycles. The molecule has 1 aromatic heterocycles. The minimum Gasteiger partial charge on any atom is -0.469 e. The van der Waals surface area contributed by atoms with E-state index in [1.165, 1.54) is 7.11 Å². The van der Waals surface area contributed by atoms with Gasteiger partial charge in [0, 0.05) is 48.8 Å². The monoisotopic (exact) mass is 589 g/mol. The van der Waals surface area contributed by atoms with Gasteiger partial charge in [-0.3, -0.25) is 29.1 Å². The van der Waals surface area contributed by atoms with E-state index in [0.29, 0.717) is 32.8 Å². The SMILES string of the molecule is C=Nc1ccc(Br)cc1/C(=N\[C@@H](CCC(=O)OC)P(N1CCOCC1)N1CCOCC1)c1ccccn1. The van der Waals surface area contributed by atoms with Crippen LogP contribution in [0.5, 0.6) is 0 Å². The number of esters is 1. The summed E-state index contributed by atoms with van der Waals surface area (Å²) in [6.07, 6.45) is 2.59. The summed E-state index contributed by atoms with van der Waals surface area (Å²) in [4.78, 5) is 26.6. The molecule has 2 fully saturated rings. The predicted octanol–water partition coefficient (Wildman–Crippen LogP) is 4.27. The number of carbonyl (C=O) groups excluding carboxylic acids is 1. The summed E-state index contributed by atoms with van der Waals surface area (Å²) in [7, 11) is 0.522. The van der Waals surface area contributed by atoms with Gasteiger partial charge in [0.25, 0.3) is 0 Å². The summed E-state index contributed by atoms with van der Waals surface area (Å²) in [6, 6.07) is 11.6. The van der Waals surface area contributed by atoms with Crippen LogP contribution in [0.1, 0.15) is 24.1 Å². The van der Waals surface area contributed by atoms with Crippen molar-refractivity contribution in [2.45, 2.75) is 18.6 Å². The van der Waals surface area contributed by atoms with E-state index in [1.807, 2.05) is 36.4 Å². The zero-order chi connectivity index (χ0) is 26.0. The van der Waals surface area contributed by atoms with Gasteiger partial charge in [0.05, 0.1) is 64.6 Å². The number of ether oxygens (including phenoxy) is 3. The van der Waals surface area contributed by atoms with Crippen LogP contribution in [-0.2, 0) is 19.0 Å². The average Bonchev–Trinajstić information content (AvgIpc) is 2.95. The van der Waals surface area contributed by atoms with Gasteiger partial charge in [-0.15, -0.1) is 0 Å². The predicted molar refractivity (Wildman–Crippen MR) is 150 cm³/mol. The van der Waals surface area contributed by atoms with Crippen LogP contribution in [0.4, 0.5) is 5.69 Å². The van der Waals surface area contributed by atoms with Gasteiger partial charge in [0.15, 0.2) is 0 Å². The van der Waals surface area contributed by atoms with Gasteiger partial charge in [-0.05, 0) is 43.5 Å². The van der Waals surface area contributed by atoms with Gasteiger partial charge < -0.3 is 14.2 Å². The van der Waals surface area contributed by atoms with Crippen LogP contribution in [0.25, 0.3) is 0 Å². The Morgan fingerprint density at radius 2 is 1.81 bits per heavy atom. The minimum absolute atomic E-state index is 0.182. The first-order chi connectivity index (χ1) is 18.1. The molecular weight excluding hydrogens is 557 g/mol. The number of nitrogens with zero attached hydrogens (tertiary/aromatic N) is 5. The number of rotatable bonds is 10. The van der Waals surface area contributed by atoms with Crippen molar-refractivity contribution in [3.8, 4) is 0 Å². The molecule has 198 valence electrons. The van der Waals surface area contributed by atoms with Crippen molar-refractivity contribution < 1.29 is 19.0 Å². The molecule has 0 N–H and O–H groups in total. The van der Waals surface area contributed by atoms with E-state index in [9.17, 15) is 4.79 Å².